The van der Waals surface area contributed by atoms with Gasteiger partial charge in [0.15, 0.2) is 5.82 Å². The van der Waals surface area contributed by atoms with Crippen LogP contribution in [0.4, 0.5) is 10.2 Å². The van der Waals surface area contributed by atoms with E-state index in [9.17, 15) is 4.39 Å². The van der Waals surface area contributed by atoms with Crippen LogP contribution in [0, 0.1) is 19.7 Å². The zero-order chi connectivity index (χ0) is 12.6. The lowest BCUT2D eigenvalue weighted by Crippen LogP contribution is -2.02. The largest absolute Gasteiger partial charge is 0.383 e. The molecule has 1 heterocycles. The summed E-state index contributed by atoms with van der Waals surface area (Å²) in [5.74, 6) is 0.326. The maximum Gasteiger partial charge on any atom is 0.164 e. The highest BCUT2D eigenvalue weighted by molar-refractivity contribution is 9.10. The van der Waals surface area contributed by atoms with Gasteiger partial charge in [0.05, 0.1) is 5.56 Å². The van der Waals surface area contributed by atoms with Crippen LogP contribution in [0.2, 0.25) is 0 Å². The first-order chi connectivity index (χ1) is 7.99. The molecule has 1 aromatic carbocycles. The topological polar surface area (TPSA) is 51.8 Å². The molecule has 0 radical (unpaired) electrons. The number of aromatic nitrogens is 2. The zero-order valence-corrected chi connectivity index (χ0v) is 11.0. The van der Waals surface area contributed by atoms with Gasteiger partial charge in [-0.15, -0.1) is 0 Å². The maximum atomic E-state index is 13.7. The van der Waals surface area contributed by atoms with E-state index in [0.29, 0.717) is 21.7 Å². The molecule has 0 aliphatic heterocycles. The molecular weight excluding hydrogens is 285 g/mol. The van der Waals surface area contributed by atoms with E-state index in [0.717, 1.165) is 11.3 Å². The van der Waals surface area contributed by atoms with E-state index >= 15 is 0 Å². The van der Waals surface area contributed by atoms with Crippen LogP contribution in [0.1, 0.15) is 11.3 Å². The highest BCUT2D eigenvalue weighted by Crippen LogP contribution is 2.24. The molecule has 0 saturated heterocycles. The van der Waals surface area contributed by atoms with Crippen molar-refractivity contribution in [1.29, 1.82) is 0 Å². The summed E-state index contributed by atoms with van der Waals surface area (Å²) < 4.78 is 14.4. The third kappa shape index (κ3) is 2.29. The average molecular weight is 296 g/mol. The predicted octanol–water partition coefficient (Wildman–Crippen LogP) is 3.24. The summed E-state index contributed by atoms with van der Waals surface area (Å²) in [6, 6.07) is 4.75. The number of nitrogens with zero attached hydrogens (tertiary/aromatic N) is 2. The van der Waals surface area contributed by atoms with Crippen LogP contribution >= 0.6 is 15.9 Å². The number of aryl methyl sites for hydroxylation is 1. The first-order valence-electron chi connectivity index (χ1n) is 5.05. The summed E-state index contributed by atoms with van der Waals surface area (Å²) in [7, 11) is 0. The van der Waals surface area contributed by atoms with Gasteiger partial charge >= 0.3 is 0 Å². The molecule has 0 aliphatic rings. The first-order valence-corrected chi connectivity index (χ1v) is 5.84. The number of halogens is 2. The van der Waals surface area contributed by atoms with Gasteiger partial charge < -0.3 is 5.73 Å². The van der Waals surface area contributed by atoms with E-state index < -0.39 is 0 Å². The normalized spacial score (nSPS) is 10.6. The summed E-state index contributed by atoms with van der Waals surface area (Å²) in [5, 5.41) is 0. The molecule has 88 valence electrons. The Morgan fingerprint density at radius 2 is 1.94 bits per heavy atom. The van der Waals surface area contributed by atoms with Crippen LogP contribution < -0.4 is 5.73 Å². The zero-order valence-electron chi connectivity index (χ0n) is 9.46. The molecule has 0 unspecified atom stereocenters. The van der Waals surface area contributed by atoms with Crippen LogP contribution in [-0.2, 0) is 0 Å². The van der Waals surface area contributed by atoms with Crippen molar-refractivity contribution in [3.63, 3.8) is 0 Å². The van der Waals surface area contributed by atoms with Gasteiger partial charge in [0.25, 0.3) is 0 Å². The quantitative estimate of drug-likeness (QED) is 0.879. The van der Waals surface area contributed by atoms with E-state index in [1.54, 1.807) is 12.1 Å². The number of nitrogens with two attached hydrogens (primary N) is 1. The molecule has 5 heteroatoms. The Morgan fingerprint density at radius 1 is 1.24 bits per heavy atom. The molecule has 0 aliphatic carbocycles. The number of benzene rings is 1. The number of rotatable bonds is 1. The molecular formula is C12H11BrFN3. The second-order valence-electron chi connectivity index (χ2n) is 3.77. The number of hydrogen-bond donors (Lipinski definition) is 1. The Balaban J connectivity index is 2.61. The fraction of sp³-hybridized carbons (Fsp3) is 0.167. The van der Waals surface area contributed by atoms with E-state index in [2.05, 4.69) is 25.9 Å². The van der Waals surface area contributed by atoms with Crippen molar-refractivity contribution in [2.45, 2.75) is 13.8 Å². The molecule has 3 nitrogen and oxygen atoms in total. The molecule has 0 spiro atoms. The van der Waals surface area contributed by atoms with Crippen molar-refractivity contribution < 1.29 is 4.39 Å². The van der Waals surface area contributed by atoms with Crippen LogP contribution in [0.5, 0.6) is 0 Å². The fourth-order valence-corrected chi connectivity index (χ4v) is 1.78. The van der Waals surface area contributed by atoms with Gasteiger partial charge in [-0.2, -0.15) is 0 Å². The second-order valence-corrected chi connectivity index (χ2v) is 4.68. The highest BCUT2D eigenvalue weighted by atomic mass is 79.9. The van der Waals surface area contributed by atoms with Crippen LogP contribution in [0.3, 0.4) is 0 Å². The highest BCUT2D eigenvalue weighted by Gasteiger charge is 2.11. The summed E-state index contributed by atoms with van der Waals surface area (Å²) in [5.41, 5.74) is 7.69. The average Bonchev–Trinajstić information content (AvgIpc) is 2.25. The molecule has 0 atom stereocenters. The van der Waals surface area contributed by atoms with Crippen molar-refractivity contribution in [2.24, 2.45) is 0 Å². The van der Waals surface area contributed by atoms with Gasteiger partial charge in [-0.05, 0) is 32.0 Å². The lowest BCUT2D eigenvalue weighted by atomic mass is 10.1. The smallest absolute Gasteiger partial charge is 0.164 e. The van der Waals surface area contributed by atoms with Crippen molar-refractivity contribution in [2.75, 3.05) is 5.73 Å². The first kappa shape index (κ1) is 12.0. The molecule has 17 heavy (non-hydrogen) atoms. The van der Waals surface area contributed by atoms with E-state index in [-0.39, 0.29) is 5.82 Å². The van der Waals surface area contributed by atoms with Gasteiger partial charge in [0, 0.05) is 15.7 Å². The molecule has 0 bridgehead atoms. The molecule has 0 saturated carbocycles. The Bertz CT molecular complexity index is 561. The third-order valence-electron chi connectivity index (χ3n) is 2.60. The minimum absolute atomic E-state index is 0.315. The Morgan fingerprint density at radius 3 is 2.53 bits per heavy atom. The van der Waals surface area contributed by atoms with Gasteiger partial charge in [-0.3, -0.25) is 0 Å². The summed E-state index contributed by atoms with van der Waals surface area (Å²) in [4.78, 5) is 8.35. The molecule has 2 aromatic rings. The SMILES string of the molecule is Cc1nc(-c2ccc(Br)cc2F)nc(N)c1C. The van der Waals surface area contributed by atoms with Gasteiger partial charge in [-0.25, -0.2) is 14.4 Å². The minimum atomic E-state index is -0.373. The summed E-state index contributed by atoms with van der Waals surface area (Å²) in [6.45, 7) is 3.67. The van der Waals surface area contributed by atoms with Crippen molar-refractivity contribution >= 4 is 21.7 Å². The number of hydrogen-bond acceptors (Lipinski definition) is 3. The van der Waals surface area contributed by atoms with Crippen LogP contribution in [0.15, 0.2) is 22.7 Å². The lowest BCUT2D eigenvalue weighted by Gasteiger charge is -2.07. The van der Waals surface area contributed by atoms with Gasteiger partial charge in [-0.1, -0.05) is 15.9 Å². The van der Waals surface area contributed by atoms with E-state index in [1.165, 1.54) is 6.07 Å². The third-order valence-corrected chi connectivity index (χ3v) is 3.09. The lowest BCUT2D eigenvalue weighted by molar-refractivity contribution is 0.629. The van der Waals surface area contributed by atoms with Crippen LogP contribution in [0.25, 0.3) is 11.4 Å². The predicted molar refractivity (Wildman–Crippen MR) is 69.0 cm³/mol. The number of anilines is 1. The molecule has 2 rings (SSSR count). The summed E-state index contributed by atoms with van der Waals surface area (Å²) >= 11 is 3.20. The molecule has 0 fully saturated rings. The molecule has 2 N–H and O–H groups in total. The number of nitrogen functional groups attached to an aromatic ring is 1. The Hall–Kier alpha value is -1.49. The Kier molecular flexibility index (Phi) is 3.11. The van der Waals surface area contributed by atoms with Crippen molar-refractivity contribution in [3.8, 4) is 11.4 Å². The fourth-order valence-electron chi connectivity index (χ4n) is 1.44. The molecule has 0 amide bonds. The van der Waals surface area contributed by atoms with Gasteiger partial charge in [0.1, 0.15) is 11.6 Å². The van der Waals surface area contributed by atoms with Gasteiger partial charge in [0.2, 0.25) is 0 Å². The second kappa shape index (κ2) is 4.41. The van der Waals surface area contributed by atoms with Crippen molar-refractivity contribution in [1.82, 2.24) is 9.97 Å². The Labute approximate surface area is 107 Å². The van der Waals surface area contributed by atoms with E-state index in [1.807, 2.05) is 13.8 Å². The maximum absolute atomic E-state index is 13.7. The van der Waals surface area contributed by atoms with Crippen LogP contribution in [-0.4, -0.2) is 9.97 Å². The minimum Gasteiger partial charge on any atom is -0.383 e. The van der Waals surface area contributed by atoms with E-state index in [4.69, 9.17) is 5.73 Å². The molecule has 1 aromatic heterocycles. The standard InChI is InChI=1S/C12H11BrFN3/c1-6-7(2)16-12(17-11(6)15)9-4-3-8(13)5-10(9)14/h3-5H,1-2H3,(H2,15,16,17). The van der Waals surface area contributed by atoms with Crippen molar-refractivity contribution in [3.05, 3.63) is 39.7 Å². The monoisotopic (exact) mass is 295 g/mol. The summed E-state index contributed by atoms with van der Waals surface area (Å²) in [6.07, 6.45) is 0.